The van der Waals surface area contributed by atoms with E-state index in [9.17, 15) is 13.2 Å². The molecule has 0 bridgehead atoms. The predicted molar refractivity (Wildman–Crippen MR) is 114 cm³/mol. The van der Waals surface area contributed by atoms with Crippen LogP contribution in [-0.4, -0.2) is 36.7 Å². The van der Waals surface area contributed by atoms with E-state index in [1.54, 1.807) is 36.2 Å². The van der Waals surface area contributed by atoms with Crippen molar-refractivity contribution in [3.05, 3.63) is 77.3 Å². The van der Waals surface area contributed by atoms with E-state index in [-0.39, 0.29) is 17.1 Å². The van der Waals surface area contributed by atoms with Gasteiger partial charge in [0.2, 0.25) is 5.91 Å². The molecule has 1 N–H and O–H groups in total. The molecule has 0 saturated carbocycles. The Kier molecular flexibility index (Phi) is 6.79. The van der Waals surface area contributed by atoms with Crippen molar-refractivity contribution < 1.29 is 17.9 Å². The number of hydrogen-bond acceptors (Lipinski definition) is 5. The third-order valence-electron chi connectivity index (χ3n) is 4.64. The smallest absolute Gasteiger partial charge is 0.221 e. The van der Waals surface area contributed by atoms with Crippen molar-refractivity contribution in [3.63, 3.8) is 0 Å². The van der Waals surface area contributed by atoms with E-state index in [0.29, 0.717) is 16.6 Å². The summed E-state index contributed by atoms with van der Waals surface area (Å²) < 4.78 is 32.0. The summed E-state index contributed by atoms with van der Waals surface area (Å²) in [6, 6.07) is 12.6. The zero-order valence-corrected chi connectivity index (χ0v) is 18.2. The van der Waals surface area contributed by atoms with Crippen LogP contribution in [0.5, 0.6) is 5.75 Å². The average molecular weight is 448 g/mol. The van der Waals surface area contributed by atoms with Crippen LogP contribution in [0.1, 0.15) is 23.9 Å². The second-order valence-electron chi connectivity index (χ2n) is 6.69. The molecule has 0 spiro atoms. The molecule has 9 heteroatoms. The minimum atomic E-state index is -3.60. The highest BCUT2D eigenvalue weighted by Crippen LogP contribution is 2.23. The Morgan fingerprint density at radius 3 is 2.40 bits per heavy atom. The second-order valence-corrected chi connectivity index (χ2v) is 9.24. The van der Waals surface area contributed by atoms with Crippen LogP contribution in [0.2, 0.25) is 5.02 Å². The van der Waals surface area contributed by atoms with E-state index >= 15 is 0 Å². The number of ether oxygens (including phenoxy) is 1. The van der Waals surface area contributed by atoms with Crippen LogP contribution in [0.25, 0.3) is 0 Å². The zero-order chi connectivity index (χ0) is 21.7. The number of aromatic nitrogens is 2. The summed E-state index contributed by atoms with van der Waals surface area (Å²) in [6.45, 7) is 0. The molecular formula is C21H22ClN3O4S. The lowest BCUT2D eigenvalue weighted by atomic mass is 10.1. The van der Waals surface area contributed by atoms with Gasteiger partial charge >= 0.3 is 0 Å². The van der Waals surface area contributed by atoms with E-state index in [1.807, 2.05) is 19.2 Å². The third-order valence-corrected chi connectivity index (χ3v) is 6.63. The van der Waals surface area contributed by atoms with Crippen LogP contribution in [-0.2, 0) is 21.7 Å². The van der Waals surface area contributed by atoms with E-state index in [2.05, 4.69) is 10.3 Å². The first-order valence-electron chi connectivity index (χ1n) is 9.19. The Labute approximate surface area is 180 Å². The summed E-state index contributed by atoms with van der Waals surface area (Å²) in [5.74, 6) is 0.624. The number of imidazole rings is 1. The monoisotopic (exact) mass is 447 g/mol. The second kappa shape index (κ2) is 9.32. The van der Waals surface area contributed by atoms with Gasteiger partial charge in [0, 0.05) is 30.9 Å². The van der Waals surface area contributed by atoms with Gasteiger partial charge in [-0.05, 0) is 42.0 Å². The van der Waals surface area contributed by atoms with Crippen LogP contribution >= 0.6 is 11.6 Å². The maximum Gasteiger partial charge on any atom is 0.221 e. The van der Waals surface area contributed by atoms with Gasteiger partial charge in [0.25, 0.3) is 0 Å². The van der Waals surface area contributed by atoms with Crippen LogP contribution in [0.3, 0.4) is 0 Å². The van der Waals surface area contributed by atoms with Crippen molar-refractivity contribution in [1.82, 2.24) is 14.9 Å². The minimum Gasteiger partial charge on any atom is -0.497 e. The third kappa shape index (κ3) is 5.20. The first kappa shape index (κ1) is 21.9. The molecule has 30 heavy (non-hydrogen) atoms. The highest BCUT2D eigenvalue weighted by atomic mass is 35.5. The summed E-state index contributed by atoms with van der Waals surface area (Å²) in [5.41, 5.74) is 0.805. The van der Waals surface area contributed by atoms with Crippen molar-refractivity contribution in [3.8, 4) is 5.75 Å². The number of carbonyl (C=O) groups excluding carboxylic acids is 1. The van der Waals surface area contributed by atoms with E-state index in [4.69, 9.17) is 16.3 Å². The number of rotatable bonds is 8. The highest BCUT2D eigenvalue weighted by Gasteiger charge is 2.23. The normalized spacial score (nSPS) is 12.4. The first-order chi connectivity index (χ1) is 14.3. The maximum absolute atomic E-state index is 12.6. The molecule has 1 atom stereocenters. The molecule has 0 aliphatic carbocycles. The van der Waals surface area contributed by atoms with Gasteiger partial charge in [-0.25, -0.2) is 13.4 Å². The number of hydrogen-bond donors (Lipinski definition) is 1. The van der Waals surface area contributed by atoms with Crippen molar-refractivity contribution >= 4 is 27.3 Å². The molecule has 158 valence electrons. The molecule has 3 rings (SSSR count). The molecule has 3 aromatic rings. The molecule has 0 radical (unpaired) electrons. The Balaban J connectivity index is 1.75. The molecule has 0 aliphatic heterocycles. The predicted octanol–water partition coefficient (Wildman–Crippen LogP) is 3.15. The molecule has 1 aromatic heterocycles. The average Bonchev–Trinajstić information content (AvgIpc) is 3.16. The van der Waals surface area contributed by atoms with Gasteiger partial charge < -0.3 is 14.6 Å². The fourth-order valence-corrected chi connectivity index (χ4v) is 4.34. The van der Waals surface area contributed by atoms with Crippen molar-refractivity contribution in [1.29, 1.82) is 0 Å². The standard InChI is InChI=1S/C21H22ClN3O4S/c1-25-13-12-23-21(25)20(15-3-7-17(29-2)8-4-15)24-19(26)11-14-30(27,28)18-9-5-16(22)6-10-18/h3-10,12-13,20H,11,14H2,1-2H3,(H,24,26). The van der Waals surface area contributed by atoms with Crippen molar-refractivity contribution in [2.45, 2.75) is 17.4 Å². The van der Waals surface area contributed by atoms with Gasteiger partial charge in [-0.1, -0.05) is 23.7 Å². The highest BCUT2D eigenvalue weighted by molar-refractivity contribution is 7.91. The van der Waals surface area contributed by atoms with Gasteiger partial charge in [-0.3, -0.25) is 4.79 Å². The largest absolute Gasteiger partial charge is 0.497 e. The summed E-state index contributed by atoms with van der Waals surface area (Å²) in [6.07, 6.45) is 3.24. The molecular weight excluding hydrogens is 426 g/mol. The molecule has 1 heterocycles. The fraction of sp³-hybridized carbons (Fsp3) is 0.238. The molecule has 1 unspecified atom stereocenters. The SMILES string of the molecule is COc1ccc(C(NC(=O)CCS(=O)(=O)c2ccc(Cl)cc2)c2nccn2C)cc1. The van der Waals surface area contributed by atoms with Crippen molar-refractivity contribution in [2.75, 3.05) is 12.9 Å². The lowest BCUT2D eigenvalue weighted by Gasteiger charge is -2.19. The van der Waals surface area contributed by atoms with Gasteiger partial charge in [0.05, 0.1) is 17.8 Å². The Morgan fingerprint density at radius 1 is 1.17 bits per heavy atom. The Bertz CT molecular complexity index is 1110. The lowest BCUT2D eigenvalue weighted by molar-refractivity contribution is -0.121. The number of carbonyl (C=O) groups is 1. The topological polar surface area (TPSA) is 90.3 Å². The number of nitrogens with zero attached hydrogens (tertiary/aromatic N) is 2. The van der Waals surface area contributed by atoms with Gasteiger partial charge in [0.15, 0.2) is 9.84 Å². The Hall–Kier alpha value is -2.84. The first-order valence-corrected chi connectivity index (χ1v) is 11.2. The summed E-state index contributed by atoms with van der Waals surface area (Å²) >= 11 is 5.81. The van der Waals surface area contributed by atoms with Crippen molar-refractivity contribution in [2.24, 2.45) is 7.05 Å². The summed E-state index contributed by atoms with van der Waals surface area (Å²) in [4.78, 5) is 17.1. The lowest BCUT2D eigenvalue weighted by Crippen LogP contribution is -2.32. The van der Waals surface area contributed by atoms with Crippen LogP contribution in [0, 0.1) is 0 Å². The maximum atomic E-state index is 12.6. The molecule has 7 nitrogen and oxygen atoms in total. The zero-order valence-electron chi connectivity index (χ0n) is 16.6. The summed E-state index contributed by atoms with van der Waals surface area (Å²) in [7, 11) is -0.193. The quantitative estimate of drug-likeness (QED) is 0.572. The van der Waals surface area contributed by atoms with E-state index in [0.717, 1.165) is 5.56 Å². The molecule has 2 aromatic carbocycles. The number of amides is 1. The van der Waals surface area contributed by atoms with E-state index in [1.165, 1.54) is 24.3 Å². The molecule has 0 fully saturated rings. The molecule has 0 aliphatic rings. The number of halogens is 1. The van der Waals surface area contributed by atoms with Crippen LogP contribution in [0.15, 0.2) is 65.8 Å². The van der Waals surface area contributed by atoms with Gasteiger partial charge in [0.1, 0.15) is 17.6 Å². The van der Waals surface area contributed by atoms with Gasteiger partial charge in [-0.15, -0.1) is 0 Å². The molecule has 0 saturated heterocycles. The van der Waals surface area contributed by atoms with E-state index < -0.39 is 21.8 Å². The molecule has 1 amide bonds. The number of nitrogens with one attached hydrogen (secondary N) is 1. The number of aryl methyl sites for hydroxylation is 1. The number of methoxy groups -OCH3 is 1. The number of sulfone groups is 1. The van der Waals surface area contributed by atoms with Gasteiger partial charge in [-0.2, -0.15) is 0 Å². The summed E-state index contributed by atoms with van der Waals surface area (Å²) in [5, 5.41) is 3.35. The Morgan fingerprint density at radius 2 is 1.83 bits per heavy atom. The minimum absolute atomic E-state index is 0.135. The fourth-order valence-electron chi connectivity index (χ4n) is 2.97. The van der Waals surface area contributed by atoms with Crippen LogP contribution < -0.4 is 10.1 Å². The van der Waals surface area contributed by atoms with Crippen LogP contribution in [0.4, 0.5) is 0 Å². The number of benzene rings is 2.